The van der Waals surface area contributed by atoms with E-state index >= 15 is 0 Å². The zero-order valence-electron chi connectivity index (χ0n) is 10.1. The van der Waals surface area contributed by atoms with Crippen molar-refractivity contribution in [2.75, 3.05) is 19.6 Å². The molecule has 17 heavy (non-hydrogen) atoms. The summed E-state index contributed by atoms with van der Waals surface area (Å²) in [6, 6.07) is 0.552. The largest absolute Gasteiger partial charge is 0.339 e. The van der Waals surface area contributed by atoms with Gasteiger partial charge < -0.3 is 9.84 Å². The molecule has 0 radical (unpaired) electrons. The first-order valence-corrected chi connectivity index (χ1v) is 6.10. The Morgan fingerprint density at radius 2 is 2.29 bits per heavy atom. The highest BCUT2D eigenvalue weighted by Crippen LogP contribution is 2.38. The molecular formula is C11H19ClN4O. The molecule has 5 nitrogen and oxygen atoms in total. The van der Waals surface area contributed by atoms with Crippen LogP contribution >= 0.6 is 12.4 Å². The molecule has 1 aromatic rings. The van der Waals surface area contributed by atoms with Crippen LogP contribution in [-0.2, 0) is 6.54 Å². The van der Waals surface area contributed by atoms with Crippen LogP contribution < -0.4 is 5.32 Å². The molecule has 1 aliphatic heterocycles. The summed E-state index contributed by atoms with van der Waals surface area (Å²) in [5.74, 6) is 2.25. The third-order valence-electron chi connectivity index (χ3n) is 3.39. The van der Waals surface area contributed by atoms with Crippen LogP contribution in [0.4, 0.5) is 0 Å². The van der Waals surface area contributed by atoms with Gasteiger partial charge in [0.15, 0.2) is 5.82 Å². The normalized spacial score (nSPS) is 25.6. The second-order valence-corrected chi connectivity index (χ2v) is 4.85. The number of aromatic nitrogens is 2. The summed E-state index contributed by atoms with van der Waals surface area (Å²) < 4.78 is 5.26. The molecule has 0 spiro atoms. The Kier molecular flexibility index (Phi) is 4.01. The molecule has 1 N–H and O–H groups in total. The van der Waals surface area contributed by atoms with Crippen molar-refractivity contribution >= 4 is 12.4 Å². The average Bonchev–Trinajstić information content (AvgIpc) is 3.03. The van der Waals surface area contributed by atoms with E-state index in [1.54, 1.807) is 0 Å². The minimum Gasteiger partial charge on any atom is -0.339 e. The lowest BCUT2D eigenvalue weighted by Gasteiger charge is -2.32. The van der Waals surface area contributed by atoms with Gasteiger partial charge in [0.25, 0.3) is 0 Å². The third-order valence-corrected chi connectivity index (χ3v) is 3.39. The number of hydrogen-bond donors (Lipinski definition) is 1. The van der Waals surface area contributed by atoms with Gasteiger partial charge in [0.05, 0.1) is 6.54 Å². The minimum absolute atomic E-state index is 0. The van der Waals surface area contributed by atoms with Crippen LogP contribution in [0.3, 0.4) is 0 Å². The Hall–Kier alpha value is -0.650. The summed E-state index contributed by atoms with van der Waals surface area (Å²) in [5.41, 5.74) is 0. The summed E-state index contributed by atoms with van der Waals surface area (Å²) in [6.07, 6.45) is 2.43. The quantitative estimate of drug-likeness (QED) is 0.882. The minimum atomic E-state index is 0. The van der Waals surface area contributed by atoms with E-state index in [1.165, 1.54) is 12.8 Å². The Bertz CT molecular complexity index is 366. The molecule has 1 aliphatic carbocycles. The number of halogens is 1. The Labute approximate surface area is 107 Å². The molecule has 1 atom stereocenters. The average molecular weight is 259 g/mol. The lowest BCUT2D eigenvalue weighted by molar-refractivity contribution is 0.160. The second kappa shape index (κ2) is 5.33. The number of piperazine rings is 1. The standard InChI is InChI=1S/C11H18N4O.ClH/c1-8-6-12-4-5-15(8)7-10-13-11(16-14-10)9-2-3-9;/h8-9,12H,2-7H2,1H3;1H. The van der Waals surface area contributed by atoms with E-state index in [0.717, 1.165) is 37.9 Å². The fourth-order valence-electron chi connectivity index (χ4n) is 2.13. The molecule has 0 bridgehead atoms. The van der Waals surface area contributed by atoms with Crippen LogP contribution in [-0.4, -0.2) is 40.7 Å². The fraction of sp³-hybridized carbons (Fsp3) is 0.818. The Balaban J connectivity index is 0.00000108. The van der Waals surface area contributed by atoms with Crippen LogP contribution in [0.1, 0.15) is 37.4 Å². The van der Waals surface area contributed by atoms with Crippen molar-refractivity contribution in [3.8, 4) is 0 Å². The lowest BCUT2D eigenvalue weighted by atomic mass is 10.2. The van der Waals surface area contributed by atoms with E-state index in [0.29, 0.717) is 12.0 Å². The predicted octanol–water partition coefficient (Wildman–Crippen LogP) is 1.16. The highest BCUT2D eigenvalue weighted by molar-refractivity contribution is 5.85. The molecule has 6 heteroatoms. The van der Waals surface area contributed by atoms with Gasteiger partial charge in [-0.2, -0.15) is 4.98 Å². The molecule has 96 valence electrons. The van der Waals surface area contributed by atoms with Crippen LogP contribution in [0.25, 0.3) is 0 Å². The molecule has 3 rings (SSSR count). The van der Waals surface area contributed by atoms with E-state index in [9.17, 15) is 0 Å². The van der Waals surface area contributed by atoms with E-state index in [4.69, 9.17) is 4.52 Å². The molecule has 1 aromatic heterocycles. The molecule has 2 heterocycles. The van der Waals surface area contributed by atoms with E-state index in [-0.39, 0.29) is 12.4 Å². The molecular weight excluding hydrogens is 240 g/mol. The Morgan fingerprint density at radius 3 is 3.00 bits per heavy atom. The van der Waals surface area contributed by atoms with Gasteiger partial charge in [0.1, 0.15) is 0 Å². The van der Waals surface area contributed by atoms with Gasteiger partial charge in [-0.3, -0.25) is 4.90 Å². The first kappa shape index (κ1) is 12.8. The maximum Gasteiger partial charge on any atom is 0.229 e. The lowest BCUT2D eigenvalue weighted by Crippen LogP contribution is -2.49. The first-order valence-electron chi connectivity index (χ1n) is 6.10. The maximum absolute atomic E-state index is 5.26. The van der Waals surface area contributed by atoms with Crippen molar-refractivity contribution in [2.24, 2.45) is 0 Å². The molecule has 2 aliphatic rings. The maximum atomic E-state index is 5.26. The van der Waals surface area contributed by atoms with Crippen molar-refractivity contribution in [3.63, 3.8) is 0 Å². The van der Waals surface area contributed by atoms with E-state index in [2.05, 4.69) is 27.3 Å². The van der Waals surface area contributed by atoms with Gasteiger partial charge in [-0.25, -0.2) is 0 Å². The van der Waals surface area contributed by atoms with Gasteiger partial charge in [-0.15, -0.1) is 12.4 Å². The van der Waals surface area contributed by atoms with Gasteiger partial charge in [0, 0.05) is 31.6 Å². The zero-order valence-corrected chi connectivity index (χ0v) is 10.9. The molecule has 1 saturated heterocycles. The van der Waals surface area contributed by atoms with Gasteiger partial charge in [-0.1, -0.05) is 5.16 Å². The molecule has 1 unspecified atom stereocenters. The van der Waals surface area contributed by atoms with E-state index < -0.39 is 0 Å². The van der Waals surface area contributed by atoms with Crippen molar-refractivity contribution in [1.29, 1.82) is 0 Å². The van der Waals surface area contributed by atoms with Crippen LogP contribution in [0.15, 0.2) is 4.52 Å². The van der Waals surface area contributed by atoms with Crippen molar-refractivity contribution in [3.05, 3.63) is 11.7 Å². The van der Waals surface area contributed by atoms with Crippen LogP contribution in [0.2, 0.25) is 0 Å². The highest BCUT2D eigenvalue weighted by atomic mass is 35.5. The van der Waals surface area contributed by atoms with Crippen molar-refractivity contribution in [2.45, 2.75) is 38.3 Å². The summed E-state index contributed by atoms with van der Waals surface area (Å²) in [4.78, 5) is 6.86. The van der Waals surface area contributed by atoms with E-state index in [1.807, 2.05) is 0 Å². The topological polar surface area (TPSA) is 54.2 Å². The third kappa shape index (κ3) is 2.97. The summed E-state index contributed by atoms with van der Waals surface area (Å²) >= 11 is 0. The summed E-state index contributed by atoms with van der Waals surface area (Å²) in [6.45, 7) is 6.21. The zero-order chi connectivity index (χ0) is 11.0. The number of hydrogen-bond acceptors (Lipinski definition) is 5. The SMILES string of the molecule is CC1CNCCN1Cc1noc(C2CC2)n1.Cl. The highest BCUT2D eigenvalue weighted by Gasteiger charge is 2.30. The first-order chi connectivity index (χ1) is 7.83. The Morgan fingerprint density at radius 1 is 1.47 bits per heavy atom. The number of nitrogens with one attached hydrogen (secondary N) is 1. The summed E-state index contributed by atoms with van der Waals surface area (Å²) in [7, 11) is 0. The summed E-state index contributed by atoms with van der Waals surface area (Å²) in [5, 5.41) is 7.44. The molecule has 2 fully saturated rings. The monoisotopic (exact) mass is 258 g/mol. The fourth-order valence-corrected chi connectivity index (χ4v) is 2.13. The number of rotatable bonds is 3. The predicted molar refractivity (Wildman–Crippen MR) is 66.3 cm³/mol. The van der Waals surface area contributed by atoms with Gasteiger partial charge in [-0.05, 0) is 19.8 Å². The van der Waals surface area contributed by atoms with Crippen molar-refractivity contribution in [1.82, 2.24) is 20.4 Å². The second-order valence-electron chi connectivity index (χ2n) is 4.85. The van der Waals surface area contributed by atoms with Crippen LogP contribution in [0.5, 0.6) is 0 Å². The molecule has 0 aromatic carbocycles. The smallest absolute Gasteiger partial charge is 0.229 e. The van der Waals surface area contributed by atoms with Gasteiger partial charge >= 0.3 is 0 Å². The molecule has 0 amide bonds. The van der Waals surface area contributed by atoms with Crippen LogP contribution in [0, 0.1) is 0 Å². The number of nitrogens with zero attached hydrogens (tertiary/aromatic N) is 3. The molecule has 1 saturated carbocycles. The van der Waals surface area contributed by atoms with Gasteiger partial charge in [0.2, 0.25) is 5.89 Å². The van der Waals surface area contributed by atoms with Crippen molar-refractivity contribution < 1.29 is 4.52 Å².